The van der Waals surface area contributed by atoms with Gasteiger partial charge in [-0.1, -0.05) is 12.1 Å². The maximum atomic E-state index is 13.4. The second kappa shape index (κ2) is 11.7. The van der Waals surface area contributed by atoms with Gasteiger partial charge in [-0.05, 0) is 26.3 Å². The molecule has 2 heterocycles. The third kappa shape index (κ3) is 6.19. The number of cyclic esters (lactones) is 1. The number of esters is 2. The van der Waals surface area contributed by atoms with Crippen molar-refractivity contribution >= 4 is 31.5 Å². The molecule has 0 radical (unpaired) electrons. The number of carbonyl (C=O) groups excluding carboxylic acids is 3. The number of phosphoric ester groups is 1. The Morgan fingerprint density at radius 2 is 1.97 bits per heavy atom. The van der Waals surface area contributed by atoms with Crippen LogP contribution in [0.4, 0.5) is 10.5 Å². The van der Waals surface area contributed by atoms with Gasteiger partial charge in [0.2, 0.25) is 12.7 Å². The summed E-state index contributed by atoms with van der Waals surface area (Å²) in [5, 5.41) is 11.5. The van der Waals surface area contributed by atoms with Crippen LogP contribution in [0.3, 0.4) is 0 Å². The van der Waals surface area contributed by atoms with Gasteiger partial charge in [-0.15, -0.1) is 0 Å². The third-order valence-corrected chi connectivity index (χ3v) is 6.07. The van der Waals surface area contributed by atoms with Gasteiger partial charge < -0.3 is 23.5 Å². The summed E-state index contributed by atoms with van der Waals surface area (Å²) in [6.45, 7) is 3.10. The Kier molecular flexibility index (Phi) is 8.89. The Bertz CT molecular complexity index is 1260. The number of ether oxygens (including phenoxy) is 4. The number of nitrogens with zero attached hydrogens (tertiary/aromatic N) is 2. The van der Waals surface area contributed by atoms with Gasteiger partial charge in [-0.2, -0.15) is 0 Å². The van der Waals surface area contributed by atoms with Crippen molar-refractivity contribution in [3.63, 3.8) is 0 Å². The number of benzene rings is 1. The van der Waals surface area contributed by atoms with Crippen LogP contribution in [0.2, 0.25) is 0 Å². The highest BCUT2D eigenvalue weighted by Crippen LogP contribution is 2.52. The van der Waals surface area contributed by atoms with Gasteiger partial charge in [0.1, 0.15) is 12.2 Å². The van der Waals surface area contributed by atoms with Crippen LogP contribution in [0, 0.1) is 10.1 Å². The van der Waals surface area contributed by atoms with Gasteiger partial charge >= 0.3 is 25.9 Å². The van der Waals surface area contributed by atoms with Crippen molar-refractivity contribution in [3.8, 4) is 0 Å². The number of rotatable bonds is 8. The molecule has 2 aliphatic rings. The van der Waals surface area contributed by atoms with Crippen LogP contribution in [0.5, 0.6) is 0 Å². The summed E-state index contributed by atoms with van der Waals surface area (Å²) in [5.41, 5.74) is -1.46. The standard InChI is InChI=1S/C22H25N2O13P/c1-12(2)36-21(26)16-13(3)23-19(37-38(30,31)35-11-34-22(23)27)18(20(25)33-9-8-32-4)17(16)14-6-5-7-15(10-14)24(28)29/h5-7,10,12,17H,8-9,11H2,1-4H3,(H,30,31). The van der Waals surface area contributed by atoms with Crippen molar-refractivity contribution in [2.24, 2.45) is 0 Å². The number of amides is 1. The Labute approximate surface area is 216 Å². The maximum absolute atomic E-state index is 13.4. The number of carbonyl (C=O) groups is 3. The Hall–Kier alpha value is -3.78. The highest BCUT2D eigenvalue weighted by atomic mass is 31.2. The third-order valence-electron chi connectivity index (χ3n) is 5.24. The first-order valence-corrected chi connectivity index (χ1v) is 12.6. The molecule has 2 unspecified atom stereocenters. The lowest BCUT2D eigenvalue weighted by atomic mass is 9.81. The SMILES string of the molecule is COCCOC(=O)C1=C2OP(=O)(O)OCOC(=O)N2C(C)=C(C(=O)OC(C)C)C1c1cccc([N+](=O)[O-])c1. The molecule has 1 saturated heterocycles. The summed E-state index contributed by atoms with van der Waals surface area (Å²) in [7, 11) is -3.62. The smallest absolute Gasteiger partial charge is 0.460 e. The van der Waals surface area contributed by atoms with Crippen molar-refractivity contribution < 1.29 is 56.8 Å². The predicted octanol–water partition coefficient (Wildman–Crippen LogP) is 2.86. The van der Waals surface area contributed by atoms with E-state index in [1.807, 2.05) is 0 Å². The number of fused-ring (bicyclic) bond motifs is 1. The largest absolute Gasteiger partial charge is 0.531 e. The summed E-state index contributed by atoms with van der Waals surface area (Å²) in [6.07, 6.45) is -1.86. The van der Waals surface area contributed by atoms with Crippen LogP contribution < -0.4 is 0 Å². The van der Waals surface area contributed by atoms with Gasteiger partial charge in [0, 0.05) is 24.9 Å². The molecule has 2 atom stereocenters. The fraction of sp³-hybridized carbons (Fsp3) is 0.409. The van der Waals surface area contributed by atoms with Gasteiger partial charge in [-0.25, -0.2) is 28.4 Å². The average molecular weight is 556 g/mol. The molecule has 1 aromatic rings. The van der Waals surface area contributed by atoms with E-state index >= 15 is 0 Å². The van der Waals surface area contributed by atoms with E-state index in [1.165, 1.54) is 32.2 Å². The quantitative estimate of drug-likeness (QED) is 0.123. The van der Waals surface area contributed by atoms with E-state index in [-0.39, 0.29) is 35.7 Å². The molecular weight excluding hydrogens is 531 g/mol. The zero-order chi connectivity index (χ0) is 28.2. The number of nitro groups is 1. The molecule has 206 valence electrons. The van der Waals surface area contributed by atoms with Crippen LogP contribution in [0.25, 0.3) is 0 Å². The van der Waals surface area contributed by atoms with Crippen molar-refractivity contribution in [1.29, 1.82) is 0 Å². The minimum absolute atomic E-state index is 0.0211. The van der Waals surface area contributed by atoms with Gasteiger partial charge in [0.05, 0.1) is 29.1 Å². The van der Waals surface area contributed by atoms with E-state index in [0.717, 1.165) is 6.07 Å². The van der Waals surface area contributed by atoms with Crippen LogP contribution in [-0.4, -0.2) is 66.0 Å². The molecule has 1 fully saturated rings. The lowest BCUT2D eigenvalue weighted by Gasteiger charge is -2.37. The van der Waals surface area contributed by atoms with Crippen molar-refractivity contribution in [2.75, 3.05) is 27.1 Å². The lowest BCUT2D eigenvalue weighted by Crippen LogP contribution is -2.41. The Morgan fingerprint density at radius 3 is 2.61 bits per heavy atom. The first-order chi connectivity index (χ1) is 17.9. The zero-order valence-electron chi connectivity index (χ0n) is 20.8. The Morgan fingerprint density at radius 1 is 1.26 bits per heavy atom. The van der Waals surface area contributed by atoms with E-state index in [0.29, 0.717) is 4.90 Å². The molecule has 3 rings (SSSR count). The fourth-order valence-electron chi connectivity index (χ4n) is 3.72. The normalized spacial score (nSPS) is 21.7. The molecule has 0 bridgehead atoms. The number of allylic oxidation sites excluding steroid dienone is 1. The zero-order valence-corrected chi connectivity index (χ0v) is 21.7. The van der Waals surface area contributed by atoms with Crippen molar-refractivity contribution in [1.82, 2.24) is 4.90 Å². The van der Waals surface area contributed by atoms with Gasteiger partial charge in [0.15, 0.2) is 0 Å². The summed E-state index contributed by atoms with van der Waals surface area (Å²) in [4.78, 5) is 61.3. The number of nitro benzene ring substituents is 1. The lowest BCUT2D eigenvalue weighted by molar-refractivity contribution is -0.384. The molecule has 16 heteroatoms. The molecule has 0 aromatic heterocycles. The first-order valence-electron chi connectivity index (χ1n) is 11.1. The monoisotopic (exact) mass is 556 g/mol. The molecule has 1 aromatic carbocycles. The van der Waals surface area contributed by atoms with E-state index in [9.17, 15) is 34.0 Å². The van der Waals surface area contributed by atoms with Crippen LogP contribution >= 0.6 is 7.82 Å². The number of hydrogen-bond acceptors (Lipinski definition) is 12. The van der Waals surface area contributed by atoms with E-state index in [2.05, 4.69) is 4.52 Å². The molecular formula is C22H25N2O13P. The van der Waals surface area contributed by atoms with Crippen molar-refractivity contribution in [2.45, 2.75) is 32.8 Å². The van der Waals surface area contributed by atoms with Gasteiger partial charge in [0.25, 0.3) is 5.69 Å². The maximum Gasteiger partial charge on any atom is 0.531 e. The number of methoxy groups -OCH3 is 1. The molecule has 1 amide bonds. The van der Waals surface area contributed by atoms with E-state index in [4.69, 9.17) is 23.5 Å². The number of phosphoric acid groups is 1. The minimum Gasteiger partial charge on any atom is -0.460 e. The predicted molar refractivity (Wildman–Crippen MR) is 125 cm³/mol. The molecule has 38 heavy (non-hydrogen) atoms. The van der Waals surface area contributed by atoms with E-state index < -0.39 is 61.0 Å². The molecule has 15 nitrogen and oxygen atoms in total. The number of hydrogen-bond donors (Lipinski definition) is 1. The first kappa shape index (κ1) is 28.8. The molecule has 0 aliphatic carbocycles. The van der Waals surface area contributed by atoms with Crippen molar-refractivity contribution in [3.05, 3.63) is 62.7 Å². The molecule has 2 aliphatic heterocycles. The van der Waals surface area contributed by atoms with Crippen LogP contribution in [0.1, 0.15) is 32.3 Å². The van der Waals surface area contributed by atoms with Crippen LogP contribution in [0.15, 0.2) is 47.0 Å². The summed E-state index contributed by atoms with van der Waals surface area (Å²) in [6, 6.07) is 4.97. The second-order valence-corrected chi connectivity index (χ2v) is 9.52. The molecule has 0 saturated carbocycles. The fourth-order valence-corrected chi connectivity index (χ4v) is 4.36. The highest BCUT2D eigenvalue weighted by Gasteiger charge is 2.48. The molecule has 0 spiro atoms. The summed E-state index contributed by atoms with van der Waals surface area (Å²) < 4.78 is 42.6. The minimum atomic E-state index is -4.97. The molecule has 1 N–H and O–H groups in total. The second-order valence-electron chi connectivity index (χ2n) is 8.14. The van der Waals surface area contributed by atoms with E-state index in [1.54, 1.807) is 13.8 Å². The van der Waals surface area contributed by atoms with Crippen LogP contribution in [-0.2, 0) is 42.1 Å². The summed E-state index contributed by atoms with van der Waals surface area (Å²) in [5.74, 6) is -4.49. The average Bonchev–Trinajstić information content (AvgIpc) is 2.82. The Balaban J connectivity index is 2.37. The number of non-ortho nitro benzene ring substituents is 1. The topological polar surface area (TPSA) is 190 Å². The highest BCUT2D eigenvalue weighted by molar-refractivity contribution is 7.47. The summed E-state index contributed by atoms with van der Waals surface area (Å²) >= 11 is 0. The van der Waals surface area contributed by atoms with Gasteiger partial charge in [-0.3, -0.25) is 15.0 Å².